The first kappa shape index (κ1) is 12.8. The van der Waals surface area contributed by atoms with Crippen molar-refractivity contribution in [3.63, 3.8) is 0 Å². The molecule has 8 nitrogen and oxygen atoms in total. The van der Waals surface area contributed by atoms with Crippen LogP contribution in [0.3, 0.4) is 0 Å². The molecule has 1 saturated heterocycles. The average molecular weight is 276 g/mol. The third kappa shape index (κ3) is 2.69. The summed E-state index contributed by atoms with van der Waals surface area (Å²) in [6.07, 6.45) is 2.54. The van der Waals surface area contributed by atoms with E-state index >= 15 is 0 Å². The number of nitrogens with zero attached hydrogens (tertiary/aromatic N) is 5. The van der Waals surface area contributed by atoms with Crippen LogP contribution in [0.2, 0.25) is 0 Å². The van der Waals surface area contributed by atoms with E-state index in [9.17, 15) is 10.1 Å². The summed E-state index contributed by atoms with van der Waals surface area (Å²) < 4.78 is 0. The Morgan fingerprint density at radius 3 is 2.75 bits per heavy atom. The lowest BCUT2D eigenvalue weighted by Gasteiger charge is -2.14. The minimum Gasteiger partial charge on any atom is -0.302 e. The van der Waals surface area contributed by atoms with Crippen LogP contribution in [-0.4, -0.2) is 51.1 Å². The molecule has 1 aliphatic rings. The molecule has 20 heavy (non-hydrogen) atoms. The SMILES string of the molecule is O=[N+]([O-])c1ccc2nn(NCCN3CCCC3)nc2c1. The minimum absolute atomic E-state index is 0.0293. The van der Waals surface area contributed by atoms with Crippen molar-refractivity contribution in [2.24, 2.45) is 0 Å². The number of benzene rings is 1. The quantitative estimate of drug-likeness (QED) is 0.646. The molecule has 1 aromatic heterocycles. The van der Waals surface area contributed by atoms with E-state index in [-0.39, 0.29) is 5.69 Å². The minimum atomic E-state index is -0.431. The van der Waals surface area contributed by atoms with Crippen molar-refractivity contribution in [1.82, 2.24) is 20.0 Å². The number of non-ortho nitro benzene ring substituents is 1. The molecule has 8 heteroatoms. The van der Waals surface area contributed by atoms with Crippen molar-refractivity contribution in [3.8, 4) is 0 Å². The zero-order valence-electron chi connectivity index (χ0n) is 11.0. The fourth-order valence-electron chi connectivity index (χ4n) is 2.40. The maximum atomic E-state index is 10.7. The molecule has 0 bridgehead atoms. The van der Waals surface area contributed by atoms with Crippen molar-refractivity contribution in [2.45, 2.75) is 12.8 Å². The molecule has 0 amide bonds. The molecule has 0 spiro atoms. The number of nitro benzene ring substituents is 1. The number of aromatic nitrogens is 3. The van der Waals surface area contributed by atoms with Crippen LogP contribution >= 0.6 is 0 Å². The number of rotatable bonds is 5. The van der Waals surface area contributed by atoms with Crippen LogP contribution in [0.4, 0.5) is 5.69 Å². The molecule has 0 aliphatic carbocycles. The van der Waals surface area contributed by atoms with E-state index in [0.29, 0.717) is 11.0 Å². The largest absolute Gasteiger partial charge is 0.302 e. The van der Waals surface area contributed by atoms with Crippen molar-refractivity contribution >= 4 is 16.7 Å². The molecule has 2 heterocycles. The molecule has 0 saturated carbocycles. The predicted octanol–water partition coefficient (Wildman–Crippen LogP) is 0.979. The van der Waals surface area contributed by atoms with Crippen LogP contribution in [-0.2, 0) is 0 Å². The van der Waals surface area contributed by atoms with Crippen LogP contribution in [0.15, 0.2) is 18.2 Å². The van der Waals surface area contributed by atoms with Gasteiger partial charge < -0.3 is 4.90 Å². The summed E-state index contributed by atoms with van der Waals surface area (Å²) in [5, 5.41) is 19.1. The Bertz CT molecular complexity index is 619. The van der Waals surface area contributed by atoms with E-state index in [1.54, 1.807) is 6.07 Å². The van der Waals surface area contributed by atoms with Gasteiger partial charge in [-0.1, -0.05) is 4.91 Å². The Kier molecular flexibility index (Phi) is 3.46. The standard InChI is InChI=1S/C12H16N6O2/c19-17(20)10-3-4-11-12(9-10)15-18(14-11)13-5-8-16-6-1-2-7-16/h3-4,9,13H,1-2,5-8H2. The second-order valence-corrected chi connectivity index (χ2v) is 4.88. The van der Waals surface area contributed by atoms with Crippen molar-refractivity contribution < 1.29 is 4.92 Å². The van der Waals surface area contributed by atoms with Crippen molar-refractivity contribution in [2.75, 3.05) is 31.6 Å². The van der Waals surface area contributed by atoms with Gasteiger partial charge in [0, 0.05) is 25.2 Å². The van der Waals surface area contributed by atoms with Gasteiger partial charge in [-0.15, -0.1) is 10.2 Å². The highest BCUT2D eigenvalue weighted by Crippen LogP contribution is 2.17. The number of nitrogens with one attached hydrogen (secondary N) is 1. The molecule has 1 fully saturated rings. The van der Waals surface area contributed by atoms with Crippen molar-refractivity contribution in [1.29, 1.82) is 0 Å². The first-order valence-corrected chi connectivity index (χ1v) is 6.70. The Balaban J connectivity index is 1.64. The third-order valence-electron chi connectivity index (χ3n) is 3.45. The summed E-state index contributed by atoms with van der Waals surface area (Å²) in [7, 11) is 0. The van der Waals surface area contributed by atoms with E-state index in [2.05, 4.69) is 20.5 Å². The van der Waals surface area contributed by atoms with Gasteiger partial charge in [-0.2, -0.15) is 0 Å². The Labute approximate surface area is 115 Å². The molecule has 0 radical (unpaired) electrons. The van der Waals surface area contributed by atoms with Gasteiger partial charge in [-0.3, -0.25) is 15.5 Å². The van der Waals surface area contributed by atoms with Crippen LogP contribution in [0, 0.1) is 10.1 Å². The fraction of sp³-hybridized carbons (Fsp3) is 0.500. The molecule has 1 N–H and O–H groups in total. The molecule has 2 aromatic rings. The van der Waals surface area contributed by atoms with E-state index in [1.807, 2.05) is 0 Å². The molecule has 1 aliphatic heterocycles. The first-order chi connectivity index (χ1) is 9.72. The highest BCUT2D eigenvalue weighted by Gasteiger charge is 2.12. The zero-order chi connectivity index (χ0) is 13.9. The number of likely N-dealkylation sites (tertiary alicyclic amines) is 1. The van der Waals surface area contributed by atoms with Gasteiger partial charge in [0.15, 0.2) is 0 Å². The summed E-state index contributed by atoms with van der Waals surface area (Å²) in [5.74, 6) is 0. The Morgan fingerprint density at radius 2 is 2.00 bits per heavy atom. The van der Waals surface area contributed by atoms with E-state index in [1.165, 1.54) is 29.9 Å². The maximum absolute atomic E-state index is 10.7. The van der Waals surface area contributed by atoms with Crippen LogP contribution in [0.1, 0.15) is 12.8 Å². The molecule has 3 rings (SSSR count). The van der Waals surface area contributed by atoms with E-state index < -0.39 is 4.92 Å². The van der Waals surface area contributed by atoms with Crippen molar-refractivity contribution in [3.05, 3.63) is 28.3 Å². The highest BCUT2D eigenvalue weighted by atomic mass is 16.6. The highest BCUT2D eigenvalue weighted by molar-refractivity contribution is 5.76. The van der Waals surface area contributed by atoms with Gasteiger partial charge in [-0.05, 0) is 32.0 Å². The second-order valence-electron chi connectivity index (χ2n) is 4.88. The second kappa shape index (κ2) is 5.41. The van der Waals surface area contributed by atoms with E-state index in [0.717, 1.165) is 26.2 Å². The number of hydrogen-bond acceptors (Lipinski definition) is 6. The van der Waals surface area contributed by atoms with E-state index in [4.69, 9.17) is 0 Å². The molecule has 0 atom stereocenters. The van der Waals surface area contributed by atoms with Gasteiger partial charge in [0.2, 0.25) is 0 Å². The maximum Gasteiger partial charge on any atom is 0.271 e. The van der Waals surface area contributed by atoms with Crippen LogP contribution in [0.5, 0.6) is 0 Å². The molecular weight excluding hydrogens is 260 g/mol. The molecular formula is C12H16N6O2. The summed E-state index contributed by atoms with van der Waals surface area (Å²) in [5.41, 5.74) is 4.29. The van der Waals surface area contributed by atoms with Gasteiger partial charge in [-0.25, -0.2) is 0 Å². The zero-order valence-corrected chi connectivity index (χ0v) is 11.0. The molecule has 0 unspecified atom stereocenters. The Hall–Kier alpha value is -2.22. The van der Waals surface area contributed by atoms with Gasteiger partial charge in [0.05, 0.1) is 4.92 Å². The smallest absolute Gasteiger partial charge is 0.271 e. The normalized spacial score (nSPS) is 15.8. The van der Waals surface area contributed by atoms with Gasteiger partial charge in [0.25, 0.3) is 5.69 Å². The number of nitro groups is 1. The van der Waals surface area contributed by atoms with Crippen LogP contribution < -0.4 is 5.43 Å². The van der Waals surface area contributed by atoms with Crippen LogP contribution in [0.25, 0.3) is 11.0 Å². The summed E-state index contributed by atoms with van der Waals surface area (Å²) >= 11 is 0. The first-order valence-electron chi connectivity index (χ1n) is 6.70. The van der Waals surface area contributed by atoms with Gasteiger partial charge >= 0.3 is 0 Å². The lowest BCUT2D eigenvalue weighted by molar-refractivity contribution is -0.384. The summed E-state index contributed by atoms with van der Waals surface area (Å²) in [6.45, 7) is 4.02. The lowest BCUT2D eigenvalue weighted by Crippen LogP contribution is -2.30. The molecule has 106 valence electrons. The topological polar surface area (TPSA) is 89.1 Å². The lowest BCUT2D eigenvalue weighted by atomic mass is 10.3. The molecule has 1 aromatic carbocycles. The number of hydrogen-bond donors (Lipinski definition) is 1. The van der Waals surface area contributed by atoms with Gasteiger partial charge in [0.1, 0.15) is 11.0 Å². The summed E-state index contributed by atoms with van der Waals surface area (Å²) in [4.78, 5) is 14.1. The fourth-order valence-corrected chi connectivity index (χ4v) is 2.40. The predicted molar refractivity (Wildman–Crippen MR) is 74.1 cm³/mol. The summed E-state index contributed by atoms with van der Waals surface area (Å²) in [6, 6.07) is 4.48. The monoisotopic (exact) mass is 276 g/mol. The third-order valence-corrected chi connectivity index (χ3v) is 3.45. The Morgan fingerprint density at radius 1 is 1.25 bits per heavy atom. The number of fused-ring (bicyclic) bond motifs is 1. The average Bonchev–Trinajstić information content (AvgIpc) is 3.06.